The Balaban J connectivity index is 1.06. The van der Waals surface area contributed by atoms with Gasteiger partial charge in [0.2, 0.25) is 0 Å². The predicted molar refractivity (Wildman–Crippen MR) is 163 cm³/mol. The lowest BCUT2D eigenvalue weighted by Crippen LogP contribution is -2.48. The molecule has 0 atom stereocenters. The molecule has 0 spiro atoms. The number of carbonyl (C=O) groups excluding carboxylic acids is 2. The SMILES string of the molecule is O=C(c1csc(C2CCN(C(=O)c3ccccc3-c3ccc(C(F)(F)F)cc3)CC2)n1)N1CCN(c2ccccc2O)CC1. The molecule has 2 aliphatic heterocycles. The van der Waals surface area contributed by atoms with Gasteiger partial charge in [0.25, 0.3) is 11.8 Å². The van der Waals surface area contributed by atoms with Crippen molar-refractivity contribution < 1.29 is 27.9 Å². The molecular weight excluding hydrogens is 589 g/mol. The number of halogens is 3. The van der Waals surface area contributed by atoms with Crippen molar-refractivity contribution in [2.24, 2.45) is 0 Å². The van der Waals surface area contributed by atoms with Gasteiger partial charge >= 0.3 is 6.18 Å². The average molecular weight is 621 g/mol. The first-order chi connectivity index (χ1) is 21.2. The highest BCUT2D eigenvalue weighted by atomic mass is 32.1. The van der Waals surface area contributed by atoms with Gasteiger partial charge in [0.15, 0.2) is 0 Å². The van der Waals surface area contributed by atoms with E-state index >= 15 is 0 Å². The summed E-state index contributed by atoms with van der Waals surface area (Å²) in [5, 5.41) is 12.9. The lowest BCUT2D eigenvalue weighted by atomic mass is 9.94. The number of piperazine rings is 1. The van der Waals surface area contributed by atoms with Crippen LogP contribution < -0.4 is 4.90 Å². The van der Waals surface area contributed by atoms with Crippen molar-refractivity contribution in [1.82, 2.24) is 14.8 Å². The molecule has 1 N–H and O–H groups in total. The Kier molecular flexibility index (Phi) is 8.31. The van der Waals surface area contributed by atoms with Crippen molar-refractivity contribution >= 4 is 28.8 Å². The smallest absolute Gasteiger partial charge is 0.416 e. The number of aromatic hydroxyl groups is 1. The number of carbonyl (C=O) groups is 2. The average Bonchev–Trinajstić information content (AvgIpc) is 3.55. The van der Waals surface area contributed by atoms with E-state index in [4.69, 9.17) is 4.98 Å². The number of anilines is 1. The van der Waals surface area contributed by atoms with Crippen LogP contribution in [0.25, 0.3) is 11.1 Å². The molecule has 4 aromatic rings. The van der Waals surface area contributed by atoms with Gasteiger partial charge in [0.05, 0.1) is 16.3 Å². The van der Waals surface area contributed by atoms with Gasteiger partial charge in [-0.25, -0.2) is 4.98 Å². The number of para-hydroxylation sites is 2. The van der Waals surface area contributed by atoms with E-state index in [1.54, 1.807) is 46.2 Å². The van der Waals surface area contributed by atoms with Gasteiger partial charge in [0.1, 0.15) is 11.4 Å². The summed E-state index contributed by atoms with van der Waals surface area (Å²) in [6.45, 7) is 3.34. The zero-order valence-electron chi connectivity index (χ0n) is 23.8. The third kappa shape index (κ3) is 6.14. The summed E-state index contributed by atoms with van der Waals surface area (Å²) in [5.41, 5.74) is 2.07. The molecule has 0 bridgehead atoms. The van der Waals surface area contributed by atoms with E-state index in [1.807, 2.05) is 17.5 Å². The number of likely N-dealkylation sites (tertiary alicyclic amines) is 1. The molecule has 6 rings (SSSR count). The fourth-order valence-electron chi connectivity index (χ4n) is 5.88. The Morgan fingerprint density at radius 1 is 0.795 bits per heavy atom. The number of hydrogen-bond acceptors (Lipinski definition) is 6. The lowest BCUT2D eigenvalue weighted by Gasteiger charge is -2.36. The summed E-state index contributed by atoms with van der Waals surface area (Å²) in [4.78, 5) is 37.1. The topological polar surface area (TPSA) is 77.0 Å². The fraction of sp³-hybridized carbons (Fsp3) is 0.303. The molecule has 0 saturated carbocycles. The molecule has 7 nitrogen and oxygen atoms in total. The van der Waals surface area contributed by atoms with Gasteiger partial charge < -0.3 is 19.8 Å². The molecule has 3 aromatic carbocycles. The second-order valence-corrected chi connectivity index (χ2v) is 11.9. The van der Waals surface area contributed by atoms with E-state index < -0.39 is 11.7 Å². The third-order valence-electron chi connectivity index (χ3n) is 8.34. The minimum atomic E-state index is -4.42. The number of phenols is 1. The van der Waals surface area contributed by atoms with Crippen molar-refractivity contribution in [3.63, 3.8) is 0 Å². The third-order valence-corrected chi connectivity index (χ3v) is 9.35. The Bertz CT molecular complexity index is 1640. The second kappa shape index (κ2) is 12.3. The van der Waals surface area contributed by atoms with Crippen LogP contribution >= 0.6 is 11.3 Å². The number of alkyl halides is 3. The van der Waals surface area contributed by atoms with E-state index in [2.05, 4.69) is 4.90 Å². The molecule has 2 aliphatic rings. The molecule has 0 radical (unpaired) electrons. The number of rotatable bonds is 5. The Morgan fingerprint density at radius 2 is 1.43 bits per heavy atom. The summed E-state index contributed by atoms with van der Waals surface area (Å²) < 4.78 is 39.1. The Hall–Kier alpha value is -4.38. The number of phenolic OH excluding ortho intramolecular Hbond substituents is 1. The number of nitrogens with zero attached hydrogens (tertiary/aromatic N) is 4. The van der Waals surface area contributed by atoms with E-state index in [-0.39, 0.29) is 23.5 Å². The summed E-state index contributed by atoms with van der Waals surface area (Å²) in [5.74, 6) is 0.107. The van der Waals surface area contributed by atoms with Crippen LogP contribution in [0, 0.1) is 0 Å². The molecule has 11 heteroatoms. The number of hydrogen-bond donors (Lipinski definition) is 1. The maximum Gasteiger partial charge on any atom is 0.416 e. The van der Waals surface area contributed by atoms with Gasteiger partial charge in [-0.3, -0.25) is 9.59 Å². The van der Waals surface area contributed by atoms with Gasteiger partial charge in [0, 0.05) is 56.1 Å². The van der Waals surface area contributed by atoms with Crippen molar-refractivity contribution in [3.05, 3.63) is 100 Å². The lowest BCUT2D eigenvalue weighted by molar-refractivity contribution is -0.137. The number of piperidine rings is 1. The molecule has 44 heavy (non-hydrogen) atoms. The molecular formula is C33H31F3N4O3S. The Morgan fingerprint density at radius 3 is 2.11 bits per heavy atom. The van der Waals surface area contributed by atoms with E-state index in [0.29, 0.717) is 74.5 Å². The normalized spacial score (nSPS) is 16.3. The van der Waals surface area contributed by atoms with Crippen LogP contribution in [-0.2, 0) is 6.18 Å². The van der Waals surface area contributed by atoms with Crippen LogP contribution in [0.2, 0.25) is 0 Å². The van der Waals surface area contributed by atoms with Crippen molar-refractivity contribution in [2.45, 2.75) is 24.9 Å². The first-order valence-corrected chi connectivity index (χ1v) is 15.4. The summed E-state index contributed by atoms with van der Waals surface area (Å²) in [6, 6.07) is 19.0. The largest absolute Gasteiger partial charge is 0.506 e. The predicted octanol–water partition coefficient (Wildman–Crippen LogP) is 6.52. The highest BCUT2D eigenvalue weighted by Crippen LogP contribution is 2.34. The van der Waals surface area contributed by atoms with Gasteiger partial charge in [-0.2, -0.15) is 13.2 Å². The minimum absolute atomic E-state index is 0.100. The zero-order valence-corrected chi connectivity index (χ0v) is 24.7. The highest BCUT2D eigenvalue weighted by Gasteiger charge is 2.31. The first kappa shape index (κ1) is 29.7. The van der Waals surface area contributed by atoms with Crippen LogP contribution in [0.15, 0.2) is 78.2 Å². The maximum absolute atomic E-state index is 13.5. The molecule has 2 saturated heterocycles. The zero-order chi connectivity index (χ0) is 30.8. The fourth-order valence-corrected chi connectivity index (χ4v) is 6.84. The van der Waals surface area contributed by atoms with Crippen LogP contribution in [0.5, 0.6) is 5.75 Å². The van der Waals surface area contributed by atoms with Gasteiger partial charge in [-0.05, 0) is 54.3 Å². The quantitative estimate of drug-likeness (QED) is 0.275. The summed E-state index contributed by atoms with van der Waals surface area (Å²) in [7, 11) is 0. The Labute approximate surface area is 257 Å². The van der Waals surface area contributed by atoms with E-state index in [0.717, 1.165) is 22.8 Å². The monoisotopic (exact) mass is 620 g/mol. The van der Waals surface area contributed by atoms with E-state index in [9.17, 15) is 27.9 Å². The molecule has 0 aliphatic carbocycles. The molecule has 0 unspecified atom stereocenters. The number of amides is 2. The molecule has 228 valence electrons. The highest BCUT2D eigenvalue weighted by molar-refractivity contribution is 7.09. The summed E-state index contributed by atoms with van der Waals surface area (Å²) >= 11 is 1.47. The van der Waals surface area contributed by atoms with E-state index in [1.165, 1.54) is 23.5 Å². The number of benzene rings is 3. The minimum Gasteiger partial charge on any atom is -0.506 e. The number of thiazole rings is 1. The van der Waals surface area contributed by atoms with Crippen LogP contribution in [-0.4, -0.2) is 71.0 Å². The van der Waals surface area contributed by atoms with Crippen molar-refractivity contribution in [3.8, 4) is 16.9 Å². The van der Waals surface area contributed by atoms with Crippen LogP contribution in [0.3, 0.4) is 0 Å². The second-order valence-electron chi connectivity index (χ2n) is 11.0. The maximum atomic E-state index is 13.5. The number of aromatic nitrogens is 1. The summed E-state index contributed by atoms with van der Waals surface area (Å²) in [6.07, 6.45) is -3.02. The van der Waals surface area contributed by atoms with Crippen molar-refractivity contribution in [2.75, 3.05) is 44.2 Å². The van der Waals surface area contributed by atoms with Crippen LogP contribution in [0.1, 0.15) is 50.2 Å². The molecule has 1 aromatic heterocycles. The molecule has 2 amide bonds. The van der Waals surface area contributed by atoms with Crippen LogP contribution in [0.4, 0.5) is 18.9 Å². The van der Waals surface area contributed by atoms with Gasteiger partial charge in [-0.1, -0.05) is 42.5 Å². The standard InChI is InChI=1S/C33H31F3N4O3S/c34-33(35,36)24-11-9-22(10-12-24)25-5-1-2-6-26(25)31(42)39-15-13-23(14-16-39)30-37-27(21-44-30)32(43)40-19-17-38(18-20-40)28-7-3-4-8-29(28)41/h1-12,21,23,41H,13-20H2. The molecule has 3 heterocycles. The van der Waals surface area contributed by atoms with Crippen molar-refractivity contribution in [1.29, 1.82) is 0 Å². The molecule has 2 fully saturated rings. The first-order valence-electron chi connectivity index (χ1n) is 14.5. The van der Waals surface area contributed by atoms with Gasteiger partial charge in [-0.15, -0.1) is 11.3 Å².